The van der Waals surface area contributed by atoms with Crippen molar-refractivity contribution in [2.75, 3.05) is 0 Å². The van der Waals surface area contributed by atoms with Gasteiger partial charge in [-0.15, -0.1) is 0 Å². The summed E-state index contributed by atoms with van der Waals surface area (Å²) in [7, 11) is 0. The van der Waals surface area contributed by atoms with Gasteiger partial charge < -0.3 is 5.11 Å². The third-order valence-electron chi connectivity index (χ3n) is 1.54. The summed E-state index contributed by atoms with van der Waals surface area (Å²) < 4.78 is 50.4. The summed E-state index contributed by atoms with van der Waals surface area (Å²) in [6.07, 6.45) is -1.03. The van der Waals surface area contributed by atoms with E-state index in [1.54, 1.807) is 0 Å². The molecule has 0 saturated heterocycles. The van der Waals surface area contributed by atoms with Crippen LogP contribution in [0.25, 0.3) is 0 Å². The molecule has 0 spiro atoms. The quantitative estimate of drug-likeness (QED) is 0.457. The lowest BCUT2D eigenvalue weighted by atomic mass is 10.1. The number of benzene rings is 1. The normalized spacial score (nSPS) is 10.3. The first kappa shape index (κ1) is 10.5. The third-order valence-corrected chi connectivity index (χ3v) is 1.54. The van der Waals surface area contributed by atoms with E-state index in [2.05, 4.69) is 0 Å². The van der Waals surface area contributed by atoms with Crippen LogP contribution in [0, 0.1) is 23.3 Å². The molecule has 0 unspecified atom stereocenters. The van der Waals surface area contributed by atoms with Crippen molar-refractivity contribution >= 4 is 5.97 Å². The van der Waals surface area contributed by atoms with Crippen LogP contribution in [-0.2, 0) is 11.2 Å². The van der Waals surface area contributed by atoms with Gasteiger partial charge in [0.1, 0.15) is 5.82 Å². The molecule has 1 rings (SSSR count). The lowest BCUT2D eigenvalue weighted by Crippen LogP contribution is -2.08. The Labute approximate surface area is 75.8 Å². The van der Waals surface area contributed by atoms with E-state index < -0.39 is 41.2 Å². The molecule has 0 aromatic heterocycles. The van der Waals surface area contributed by atoms with Gasteiger partial charge in [0, 0.05) is 11.6 Å². The monoisotopic (exact) mass is 208 g/mol. The van der Waals surface area contributed by atoms with E-state index >= 15 is 0 Å². The first-order chi connectivity index (χ1) is 6.43. The fourth-order valence-corrected chi connectivity index (χ4v) is 0.917. The summed E-state index contributed by atoms with van der Waals surface area (Å²) in [4.78, 5) is 10.1. The van der Waals surface area contributed by atoms with Crippen molar-refractivity contribution in [2.45, 2.75) is 6.42 Å². The first-order valence-corrected chi connectivity index (χ1v) is 3.47. The van der Waals surface area contributed by atoms with Crippen LogP contribution in [0.1, 0.15) is 5.56 Å². The Balaban J connectivity index is 3.29. The number of carboxylic acids is 1. The standard InChI is InChI=1S/C8H4F4O2/c9-4-2-5(10)8(12)7(11)3(4)1-6(13)14/h2H,1H2,(H,13,14). The van der Waals surface area contributed by atoms with Crippen LogP contribution in [0.5, 0.6) is 0 Å². The van der Waals surface area contributed by atoms with Crippen molar-refractivity contribution in [3.05, 3.63) is 34.9 Å². The molecule has 0 fully saturated rings. The summed E-state index contributed by atoms with van der Waals surface area (Å²) in [6, 6.07) is 0.108. The maximum Gasteiger partial charge on any atom is 0.308 e. The van der Waals surface area contributed by atoms with E-state index in [9.17, 15) is 22.4 Å². The van der Waals surface area contributed by atoms with Gasteiger partial charge in [-0.2, -0.15) is 0 Å². The highest BCUT2D eigenvalue weighted by Gasteiger charge is 2.20. The van der Waals surface area contributed by atoms with Crippen LogP contribution in [-0.4, -0.2) is 11.1 Å². The highest BCUT2D eigenvalue weighted by molar-refractivity contribution is 5.70. The Kier molecular flexibility index (Phi) is 2.73. The largest absolute Gasteiger partial charge is 0.481 e. The summed E-state index contributed by atoms with van der Waals surface area (Å²) in [5.74, 6) is -8.31. The van der Waals surface area contributed by atoms with Gasteiger partial charge in [0.05, 0.1) is 6.42 Å². The molecule has 14 heavy (non-hydrogen) atoms. The molecule has 1 N–H and O–H groups in total. The van der Waals surface area contributed by atoms with Gasteiger partial charge in [-0.05, 0) is 0 Å². The van der Waals surface area contributed by atoms with Crippen LogP contribution in [0.4, 0.5) is 17.6 Å². The molecule has 0 radical (unpaired) electrons. The smallest absolute Gasteiger partial charge is 0.308 e. The number of carbonyl (C=O) groups is 1. The molecular weight excluding hydrogens is 204 g/mol. The average molecular weight is 208 g/mol. The van der Waals surface area contributed by atoms with Crippen molar-refractivity contribution in [1.82, 2.24) is 0 Å². The van der Waals surface area contributed by atoms with E-state index in [0.717, 1.165) is 0 Å². The topological polar surface area (TPSA) is 37.3 Å². The molecule has 76 valence electrons. The molecule has 1 aromatic rings. The Morgan fingerprint density at radius 2 is 1.71 bits per heavy atom. The third kappa shape index (κ3) is 1.84. The van der Waals surface area contributed by atoms with Gasteiger partial charge in [-0.25, -0.2) is 17.6 Å². The number of carboxylic acid groups (broad SMARTS) is 1. The van der Waals surface area contributed by atoms with Gasteiger partial charge in [0.25, 0.3) is 0 Å². The lowest BCUT2D eigenvalue weighted by Gasteiger charge is -2.03. The number of aliphatic carboxylic acids is 1. The predicted molar refractivity (Wildman–Crippen MR) is 37.6 cm³/mol. The van der Waals surface area contributed by atoms with Gasteiger partial charge in [0.15, 0.2) is 17.5 Å². The zero-order valence-corrected chi connectivity index (χ0v) is 6.65. The number of hydrogen-bond acceptors (Lipinski definition) is 1. The van der Waals surface area contributed by atoms with Crippen molar-refractivity contribution < 1.29 is 27.5 Å². The molecule has 2 nitrogen and oxygen atoms in total. The minimum atomic E-state index is -1.87. The Morgan fingerprint density at radius 1 is 1.14 bits per heavy atom. The van der Waals surface area contributed by atoms with Crippen LogP contribution in [0.3, 0.4) is 0 Å². The van der Waals surface area contributed by atoms with Crippen molar-refractivity contribution in [1.29, 1.82) is 0 Å². The number of hydrogen-bond donors (Lipinski definition) is 1. The molecule has 6 heteroatoms. The highest BCUT2D eigenvalue weighted by Crippen LogP contribution is 2.19. The van der Waals surface area contributed by atoms with Crippen molar-refractivity contribution in [2.24, 2.45) is 0 Å². The van der Waals surface area contributed by atoms with E-state index in [1.807, 2.05) is 0 Å². The molecule has 0 heterocycles. The van der Waals surface area contributed by atoms with Crippen LogP contribution >= 0.6 is 0 Å². The SMILES string of the molecule is O=C(O)Cc1c(F)cc(F)c(F)c1F. The molecule has 0 bridgehead atoms. The average Bonchev–Trinajstić information content (AvgIpc) is 2.09. The second-order valence-electron chi connectivity index (χ2n) is 2.52. The molecule has 1 aromatic carbocycles. The Morgan fingerprint density at radius 3 is 2.21 bits per heavy atom. The minimum Gasteiger partial charge on any atom is -0.481 e. The lowest BCUT2D eigenvalue weighted by molar-refractivity contribution is -0.136. The van der Waals surface area contributed by atoms with E-state index in [1.165, 1.54) is 0 Å². The number of halogens is 4. The Hall–Kier alpha value is -1.59. The molecule has 0 aliphatic heterocycles. The fourth-order valence-electron chi connectivity index (χ4n) is 0.917. The summed E-state index contributed by atoms with van der Waals surface area (Å²) >= 11 is 0. The first-order valence-electron chi connectivity index (χ1n) is 3.47. The fraction of sp³-hybridized carbons (Fsp3) is 0.125. The van der Waals surface area contributed by atoms with Crippen molar-refractivity contribution in [3.63, 3.8) is 0 Å². The molecule has 0 amide bonds. The van der Waals surface area contributed by atoms with Gasteiger partial charge >= 0.3 is 5.97 Å². The van der Waals surface area contributed by atoms with E-state index in [4.69, 9.17) is 5.11 Å². The van der Waals surface area contributed by atoms with Crippen LogP contribution < -0.4 is 0 Å². The van der Waals surface area contributed by atoms with Crippen LogP contribution in [0.2, 0.25) is 0 Å². The van der Waals surface area contributed by atoms with Crippen LogP contribution in [0.15, 0.2) is 6.07 Å². The molecule has 0 aliphatic rings. The van der Waals surface area contributed by atoms with Gasteiger partial charge in [-0.1, -0.05) is 0 Å². The van der Waals surface area contributed by atoms with Gasteiger partial charge in [-0.3, -0.25) is 4.79 Å². The minimum absolute atomic E-state index is 0.108. The number of rotatable bonds is 2. The summed E-state index contributed by atoms with van der Waals surface area (Å²) in [5.41, 5.74) is -0.989. The maximum atomic E-state index is 12.8. The summed E-state index contributed by atoms with van der Waals surface area (Å²) in [6.45, 7) is 0. The van der Waals surface area contributed by atoms with Gasteiger partial charge in [0.2, 0.25) is 0 Å². The zero-order valence-electron chi connectivity index (χ0n) is 6.65. The van der Waals surface area contributed by atoms with E-state index in [0.29, 0.717) is 0 Å². The predicted octanol–water partition coefficient (Wildman–Crippen LogP) is 1.87. The summed E-state index contributed by atoms with van der Waals surface area (Å²) in [5, 5.41) is 8.23. The second-order valence-corrected chi connectivity index (χ2v) is 2.52. The zero-order chi connectivity index (χ0) is 10.9. The van der Waals surface area contributed by atoms with E-state index in [-0.39, 0.29) is 6.07 Å². The second kappa shape index (κ2) is 3.65. The highest BCUT2D eigenvalue weighted by atomic mass is 19.2. The molecule has 0 saturated carbocycles. The molecular formula is C8H4F4O2. The van der Waals surface area contributed by atoms with Crippen molar-refractivity contribution in [3.8, 4) is 0 Å². The molecule has 0 atom stereocenters. The Bertz CT molecular complexity index is 389. The maximum absolute atomic E-state index is 12.8. The molecule has 0 aliphatic carbocycles.